The molecule has 0 aliphatic heterocycles. The van der Waals surface area contributed by atoms with Gasteiger partial charge in [-0.3, -0.25) is 10.1 Å². The van der Waals surface area contributed by atoms with Gasteiger partial charge >= 0.3 is 0 Å². The van der Waals surface area contributed by atoms with Crippen molar-refractivity contribution in [3.8, 4) is 5.69 Å². The third kappa shape index (κ3) is 2.83. The summed E-state index contributed by atoms with van der Waals surface area (Å²) in [4.78, 5) is 17.1. The largest absolute Gasteiger partial charge is 0.298 e. The van der Waals surface area contributed by atoms with Gasteiger partial charge in [-0.25, -0.2) is 9.67 Å². The Morgan fingerprint density at radius 1 is 1.33 bits per heavy atom. The molecule has 1 saturated carbocycles. The summed E-state index contributed by atoms with van der Waals surface area (Å²) in [6.45, 7) is 1.78. The zero-order valence-electron chi connectivity index (χ0n) is 13.0. The van der Waals surface area contributed by atoms with E-state index >= 15 is 0 Å². The van der Waals surface area contributed by atoms with Crippen molar-refractivity contribution in [1.82, 2.24) is 14.8 Å². The molecular formula is C17H15ClN4OS. The van der Waals surface area contributed by atoms with E-state index in [-0.39, 0.29) is 5.91 Å². The summed E-state index contributed by atoms with van der Waals surface area (Å²) in [5.41, 5.74) is 2.84. The number of anilines is 1. The fourth-order valence-corrected chi connectivity index (χ4v) is 3.71. The Bertz CT molecular complexity index is 899. The van der Waals surface area contributed by atoms with Crippen LogP contribution in [-0.2, 0) is 0 Å². The van der Waals surface area contributed by atoms with Crippen molar-refractivity contribution < 1.29 is 4.79 Å². The average Bonchev–Trinajstić information content (AvgIpc) is 3.25. The minimum Gasteiger partial charge on any atom is -0.298 e. The first-order valence-corrected chi connectivity index (χ1v) is 8.96. The summed E-state index contributed by atoms with van der Waals surface area (Å²) in [6.07, 6.45) is 2.37. The number of nitrogens with one attached hydrogen (secondary N) is 1. The van der Waals surface area contributed by atoms with Crippen molar-refractivity contribution >= 4 is 34.0 Å². The van der Waals surface area contributed by atoms with E-state index in [4.69, 9.17) is 11.6 Å². The Labute approximate surface area is 148 Å². The lowest BCUT2D eigenvalue weighted by Gasteiger charge is -2.03. The predicted octanol–water partition coefficient (Wildman–Crippen LogP) is 4.42. The molecule has 0 atom stereocenters. The molecule has 1 fully saturated rings. The highest BCUT2D eigenvalue weighted by Gasteiger charge is 2.27. The lowest BCUT2D eigenvalue weighted by atomic mass is 10.2. The fourth-order valence-electron chi connectivity index (χ4n) is 2.57. The van der Waals surface area contributed by atoms with Crippen LogP contribution >= 0.6 is 22.9 Å². The van der Waals surface area contributed by atoms with Gasteiger partial charge in [0.1, 0.15) is 10.7 Å². The number of aryl methyl sites for hydroxylation is 1. The van der Waals surface area contributed by atoms with Gasteiger partial charge in [0, 0.05) is 11.3 Å². The van der Waals surface area contributed by atoms with E-state index in [1.165, 1.54) is 24.2 Å². The van der Waals surface area contributed by atoms with Crippen LogP contribution in [0.5, 0.6) is 0 Å². The molecule has 0 radical (unpaired) electrons. The number of para-hydroxylation sites is 1. The molecule has 122 valence electrons. The van der Waals surface area contributed by atoms with Gasteiger partial charge < -0.3 is 0 Å². The van der Waals surface area contributed by atoms with E-state index in [1.54, 1.807) is 11.6 Å². The standard InChI is InChI=1S/C17H15ClN4OS/c1-10-14(15(18)22(21-10)12-5-3-2-4-6-12)16(23)20-17-19-13(9-24-17)11-7-8-11/h2-6,9,11H,7-8H2,1H3,(H,19,20,23). The van der Waals surface area contributed by atoms with Crippen molar-refractivity contribution in [2.45, 2.75) is 25.7 Å². The second-order valence-electron chi connectivity index (χ2n) is 5.80. The molecule has 2 heterocycles. The number of carbonyl (C=O) groups excluding carboxylic acids is 1. The van der Waals surface area contributed by atoms with Crippen molar-refractivity contribution in [2.75, 3.05) is 5.32 Å². The summed E-state index contributed by atoms with van der Waals surface area (Å²) < 4.78 is 1.57. The van der Waals surface area contributed by atoms with Crippen LogP contribution in [0, 0.1) is 6.92 Å². The number of aromatic nitrogens is 3. The van der Waals surface area contributed by atoms with E-state index in [2.05, 4.69) is 15.4 Å². The number of rotatable bonds is 4. The Kier molecular flexibility index (Phi) is 3.86. The Morgan fingerprint density at radius 2 is 2.08 bits per heavy atom. The first-order chi connectivity index (χ1) is 11.6. The molecule has 2 aromatic heterocycles. The normalized spacial score (nSPS) is 13.9. The average molecular weight is 359 g/mol. The molecule has 0 unspecified atom stereocenters. The number of thiazole rings is 1. The maximum atomic E-state index is 12.6. The molecule has 1 N–H and O–H groups in total. The maximum Gasteiger partial charge on any atom is 0.262 e. The molecule has 3 aromatic rings. The number of halogens is 1. The van der Waals surface area contributed by atoms with E-state index in [9.17, 15) is 4.79 Å². The number of hydrogen-bond donors (Lipinski definition) is 1. The lowest BCUT2D eigenvalue weighted by Crippen LogP contribution is -2.13. The summed E-state index contributed by atoms with van der Waals surface area (Å²) in [5, 5.41) is 10.1. The van der Waals surface area contributed by atoms with Crippen molar-refractivity contribution in [2.24, 2.45) is 0 Å². The number of benzene rings is 1. The van der Waals surface area contributed by atoms with E-state index in [0.29, 0.717) is 27.5 Å². The van der Waals surface area contributed by atoms with Crippen LogP contribution in [0.2, 0.25) is 5.15 Å². The summed E-state index contributed by atoms with van der Waals surface area (Å²) in [7, 11) is 0. The third-order valence-corrected chi connectivity index (χ3v) is 5.09. The van der Waals surface area contributed by atoms with Gasteiger partial charge in [-0.1, -0.05) is 29.8 Å². The van der Waals surface area contributed by atoms with Crippen LogP contribution in [0.3, 0.4) is 0 Å². The predicted molar refractivity (Wildman–Crippen MR) is 95.4 cm³/mol. The van der Waals surface area contributed by atoms with Crippen molar-refractivity contribution in [3.05, 3.63) is 57.8 Å². The molecule has 0 saturated heterocycles. The van der Waals surface area contributed by atoms with Crippen LogP contribution in [0.25, 0.3) is 5.69 Å². The maximum absolute atomic E-state index is 12.6. The van der Waals surface area contributed by atoms with Crippen molar-refractivity contribution in [1.29, 1.82) is 0 Å². The number of nitrogens with zero attached hydrogens (tertiary/aromatic N) is 3. The van der Waals surface area contributed by atoms with Gasteiger partial charge in [-0.2, -0.15) is 5.10 Å². The molecule has 4 rings (SSSR count). The molecule has 0 spiro atoms. The Morgan fingerprint density at radius 3 is 2.79 bits per heavy atom. The summed E-state index contributed by atoms with van der Waals surface area (Å²) in [6, 6.07) is 9.50. The highest BCUT2D eigenvalue weighted by molar-refractivity contribution is 7.14. The van der Waals surface area contributed by atoms with Gasteiger partial charge in [0.15, 0.2) is 5.13 Å². The first kappa shape index (κ1) is 15.4. The highest BCUT2D eigenvalue weighted by Crippen LogP contribution is 2.41. The monoisotopic (exact) mass is 358 g/mol. The quantitative estimate of drug-likeness (QED) is 0.751. The van der Waals surface area contributed by atoms with Gasteiger partial charge in [0.25, 0.3) is 5.91 Å². The van der Waals surface area contributed by atoms with Gasteiger partial charge in [0.2, 0.25) is 0 Å². The van der Waals surface area contributed by atoms with Crippen molar-refractivity contribution in [3.63, 3.8) is 0 Å². The second kappa shape index (κ2) is 6.03. The SMILES string of the molecule is Cc1nn(-c2ccccc2)c(Cl)c1C(=O)Nc1nc(C2CC2)cs1. The van der Waals surface area contributed by atoms with Crippen LogP contribution in [-0.4, -0.2) is 20.7 Å². The second-order valence-corrected chi connectivity index (χ2v) is 7.02. The molecule has 1 aliphatic rings. The molecule has 5 nitrogen and oxygen atoms in total. The molecule has 0 bridgehead atoms. The highest BCUT2D eigenvalue weighted by atomic mass is 35.5. The molecule has 7 heteroatoms. The molecule has 1 aromatic carbocycles. The van der Waals surface area contributed by atoms with Crippen LogP contribution in [0.1, 0.15) is 40.5 Å². The zero-order chi connectivity index (χ0) is 16.7. The molecular weight excluding hydrogens is 344 g/mol. The summed E-state index contributed by atoms with van der Waals surface area (Å²) >= 11 is 7.86. The fraction of sp³-hybridized carbons (Fsp3) is 0.235. The molecule has 1 amide bonds. The topological polar surface area (TPSA) is 59.8 Å². The smallest absolute Gasteiger partial charge is 0.262 e. The van der Waals surface area contributed by atoms with E-state index in [1.807, 2.05) is 35.7 Å². The third-order valence-electron chi connectivity index (χ3n) is 3.97. The van der Waals surface area contributed by atoms with Crippen LogP contribution < -0.4 is 5.32 Å². The Hall–Kier alpha value is -2.18. The molecule has 24 heavy (non-hydrogen) atoms. The minimum atomic E-state index is -0.281. The van der Waals surface area contributed by atoms with E-state index < -0.39 is 0 Å². The minimum absolute atomic E-state index is 0.281. The van der Waals surface area contributed by atoms with Gasteiger partial charge in [-0.05, 0) is 31.9 Å². The first-order valence-electron chi connectivity index (χ1n) is 7.71. The number of hydrogen-bond acceptors (Lipinski definition) is 4. The summed E-state index contributed by atoms with van der Waals surface area (Å²) in [5.74, 6) is 0.287. The van der Waals surface area contributed by atoms with Crippen LogP contribution in [0.15, 0.2) is 35.7 Å². The molecule has 1 aliphatic carbocycles. The van der Waals surface area contributed by atoms with Gasteiger partial charge in [0.05, 0.1) is 17.1 Å². The van der Waals surface area contributed by atoms with Gasteiger partial charge in [-0.15, -0.1) is 11.3 Å². The number of carbonyl (C=O) groups is 1. The lowest BCUT2D eigenvalue weighted by molar-refractivity contribution is 0.102. The number of amides is 1. The van der Waals surface area contributed by atoms with Crippen LogP contribution in [0.4, 0.5) is 5.13 Å². The Balaban J connectivity index is 1.61. The van der Waals surface area contributed by atoms with E-state index in [0.717, 1.165) is 11.4 Å². The zero-order valence-corrected chi connectivity index (χ0v) is 14.6.